The summed E-state index contributed by atoms with van der Waals surface area (Å²) >= 11 is 5.79. The Balaban J connectivity index is 3.07. The van der Waals surface area contributed by atoms with E-state index in [9.17, 15) is 4.79 Å². The summed E-state index contributed by atoms with van der Waals surface area (Å²) in [6.45, 7) is 5.77. The van der Waals surface area contributed by atoms with Crippen LogP contribution in [0.15, 0.2) is 12.1 Å². The molecule has 0 aliphatic rings. The van der Waals surface area contributed by atoms with Gasteiger partial charge in [0.2, 0.25) is 0 Å². The molecule has 0 aliphatic heterocycles. The van der Waals surface area contributed by atoms with E-state index in [1.165, 1.54) is 0 Å². The lowest BCUT2D eigenvalue weighted by atomic mass is 10.3. The zero-order valence-corrected chi connectivity index (χ0v) is 9.08. The van der Waals surface area contributed by atoms with Gasteiger partial charge in [0.1, 0.15) is 17.3 Å². The summed E-state index contributed by atoms with van der Waals surface area (Å²) in [5, 5.41) is 0.358. The van der Waals surface area contributed by atoms with E-state index in [-0.39, 0.29) is 0 Å². The summed E-state index contributed by atoms with van der Waals surface area (Å²) in [6, 6.07) is 3.30. The average molecular weight is 213 g/mol. The predicted octanol–water partition coefficient (Wildman–Crippen LogP) is 2.39. The molecule has 1 rings (SSSR count). The first-order chi connectivity index (χ1) is 6.71. The van der Waals surface area contributed by atoms with Crippen LogP contribution in [0.4, 0.5) is 5.82 Å². The van der Waals surface area contributed by atoms with Crippen LogP contribution in [0, 0.1) is 0 Å². The molecule has 0 amide bonds. The lowest BCUT2D eigenvalue weighted by Crippen LogP contribution is -2.23. The second kappa shape index (κ2) is 4.96. The van der Waals surface area contributed by atoms with Gasteiger partial charge in [0.25, 0.3) is 0 Å². The Hall–Kier alpha value is -1.09. The molecule has 0 aliphatic carbocycles. The van der Waals surface area contributed by atoms with Crippen LogP contribution < -0.4 is 4.90 Å². The maximum Gasteiger partial charge on any atom is 0.150 e. The predicted molar refractivity (Wildman–Crippen MR) is 58.2 cm³/mol. The Kier molecular flexibility index (Phi) is 3.89. The number of aromatic nitrogens is 1. The van der Waals surface area contributed by atoms with Gasteiger partial charge < -0.3 is 4.90 Å². The van der Waals surface area contributed by atoms with Crippen LogP contribution in [0.5, 0.6) is 0 Å². The van der Waals surface area contributed by atoms with E-state index in [0.717, 1.165) is 25.2 Å². The van der Waals surface area contributed by atoms with Crippen LogP contribution in [0.2, 0.25) is 5.15 Å². The lowest BCUT2D eigenvalue weighted by molar-refractivity contribution is 0.112. The number of pyridine rings is 1. The van der Waals surface area contributed by atoms with Gasteiger partial charge in [-0.25, -0.2) is 4.98 Å². The van der Waals surface area contributed by atoms with E-state index < -0.39 is 0 Å². The third-order valence-corrected chi connectivity index (χ3v) is 2.22. The van der Waals surface area contributed by atoms with E-state index in [1.54, 1.807) is 12.1 Å². The highest BCUT2D eigenvalue weighted by molar-refractivity contribution is 6.29. The number of halogens is 1. The fourth-order valence-corrected chi connectivity index (χ4v) is 1.49. The van der Waals surface area contributed by atoms with Gasteiger partial charge in [0.15, 0.2) is 0 Å². The fourth-order valence-electron chi connectivity index (χ4n) is 1.28. The molecule has 0 atom stereocenters. The first-order valence-corrected chi connectivity index (χ1v) is 4.96. The van der Waals surface area contributed by atoms with Crippen LogP contribution in [0.25, 0.3) is 0 Å². The fraction of sp³-hybridized carbons (Fsp3) is 0.400. The number of carbonyl (C=O) groups excluding carboxylic acids is 1. The molecule has 0 unspecified atom stereocenters. The molecule has 0 fully saturated rings. The van der Waals surface area contributed by atoms with Crippen LogP contribution >= 0.6 is 11.6 Å². The van der Waals surface area contributed by atoms with Gasteiger partial charge in [-0.15, -0.1) is 0 Å². The standard InChI is InChI=1S/C10H13ClN2O/c1-3-13(4-2)10-6-8(7-14)5-9(11)12-10/h5-7H,3-4H2,1-2H3. The van der Waals surface area contributed by atoms with Gasteiger partial charge in [-0.1, -0.05) is 11.6 Å². The third-order valence-electron chi connectivity index (χ3n) is 2.03. The van der Waals surface area contributed by atoms with E-state index in [4.69, 9.17) is 11.6 Å². The first kappa shape index (κ1) is 11.0. The van der Waals surface area contributed by atoms with E-state index >= 15 is 0 Å². The molecule has 0 saturated carbocycles. The smallest absolute Gasteiger partial charge is 0.150 e. The highest BCUT2D eigenvalue weighted by Crippen LogP contribution is 2.16. The zero-order chi connectivity index (χ0) is 10.6. The summed E-state index contributed by atoms with van der Waals surface area (Å²) in [5.74, 6) is 0.754. The number of hydrogen-bond acceptors (Lipinski definition) is 3. The molecule has 0 bridgehead atoms. The average Bonchev–Trinajstić information content (AvgIpc) is 2.19. The summed E-state index contributed by atoms with van der Waals surface area (Å²) in [6.07, 6.45) is 0.778. The Bertz CT molecular complexity index is 324. The Morgan fingerprint density at radius 1 is 1.43 bits per heavy atom. The highest BCUT2D eigenvalue weighted by atomic mass is 35.5. The van der Waals surface area contributed by atoms with Crippen molar-refractivity contribution in [1.29, 1.82) is 0 Å². The second-order valence-electron chi connectivity index (χ2n) is 2.87. The Morgan fingerprint density at radius 2 is 2.07 bits per heavy atom. The molecular formula is C10H13ClN2O. The number of nitrogens with zero attached hydrogens (tertiary/aromatic N) is 2. The van der Waals surface area contributed by atoms with Gasteiger partial charge in [-0.2, -0.15) is 0 Å². The van der Waals surface area contributed by atoms with Crippen LogP contribution in [0.1, 0.15) is 24.2 Å². The second-order valence-corrected chi connectivity index (χ2v) is 3.26. The molecule has 3 nitrogen and oxygen atoms in total. The zero-order valence-electron chi connectivity index (χ0n) is 8.33. The van der Waals surface area contributed by atoms with Crippen molar-refractivity contribution in [3.8, 4) is 0 Å². The summed E-state index contributed by atoms with van der Waals surface area (Å²) in [5.41, 5.74) is 0.562. The number of carbonyl (C=O) groups is 1. The molecule has 76 valence electrons. The van der Waals surface area contributed by atoms with Gasteiger partial charge in [0.05, 0.1) is 0 Å². The maximum absolute atomic E-state index is 10.6. The molecule has 4 heteroatoms. The number of rotatable bonds is 4. The summed E-state index contributed by atoms with van der Waals surface area (Å²) < 4.78 is 0. The molecule has 1 aromatic rings. The highest BCUT2D eigenvalue weighted by Gasteiger charge is 2.05. The van der Waals surface area contributed by atoms with E-state index in [1.807, 2.05) is 18.7 Å². The minimum atomic E-state index is 0.358. The minimum absolute atomic E-state index is 0.358. The minimum Gasteiger partial charge on any atom is -0.357 e. The lowest BCUT2D eigenvalue weighted by Gasteiger charge is -2.19. The SMILES string of the molecule is CCN(CC)c1cc(C=O)cc(Cl)n1. The van der Waals surface area contributed by atoms with Crippen LogP contribution in [0.3, 0.4) is 0 Å². The maximum atomic E-state index is 10.6. The van der Waals surface area contributed by atoms with Gasteiger partial charge in [-0.05, 0) is 26.0 Å². The van der Waals surface area contributed by atoms with Crippen molar-refractivity contribution in [3.05, 3.63) is 22.8 Å². The third kappa shape index (κ3) is 2.45. The first-order valence-electron chi connectivity index (χ1n) is 4.59. The van der Waals surface area contributed by atoms with E-state index in [0.29, 0.717) is 10.7 Å². The molecule has 0 N–H and O–H groups in total. The molecule has 0 aromatic carbocycles. The normalized spacial score (nSPS) is 9.93. The van der Waals surface area contributed by atoms with Crippen molar-refractivity contribution in [1.82, 2.24) is 4.98 Å². The van der Waals surface area contributed by atoms with Gasteiger partial charge in [0, 0.05) is 18.7 Å². The molecule has 0 saturated heterocycles. The molecule has 0 spiro atoms. The van der Waals surface area contributed by atoms with Crippen molar-refractivity contribution in [2.24, 2.45) is 0 Å². The van der Waals surface area contributed by atoms with Gasteiger partial charge in [-0.3, -0.25) is 4.79 Å². The van der Waals surface area contributed by atoms with Crippen molar-refractivity contribution in [2.45, 2.75) is 13.8 Å². The quantitative estimate of drug-likeness (QED) is 0.568. The van der Waals surface area contributed by atoms with Crippen molar-refractivity contribution in [3.63, 3.8) is 0 Å². The Morgan fingerprint density at radius 3 is 2.57 bits per heavy atom. The molecule has 1 heterocycles. The monoisotopic (exact) mass is 212 g/mol. The number of hydrogen-bond donors (Lipinski definition) is 0. The largest absolute Gasteiger partial charge is 0.357 e. The van der Waals surface area contributed by atoms with Gasteiger partial charge >= 0.3 is 0 Å². The number of aldehydes is 1. The van der Waals surface area contributed by atoms with Crippen molar-refractivity contribution in [2.75, 3.05) is 18.0 Å². The van der Waals surface area contributed by atoms with Crippen molar-refractivity contribution >= 4 is 23.7 Å². The van der Waals surface area contributed by atoms with Crippen molar-refractivity contribution < 1.29 is 4.79 Å². The summed E-state index contributed by atoms with van der Waals surface area (Å²) in [7, 11) is 0. The molecular weight excluding hydrogens is 200 g/mol. The van der Waals surface area contributed by atoms with E-state index in [2.05, 4.69) is 4.98 Å². The van der Waals surface area contributed by atoms with Crippen LogP contribution in [-0.2, 0) is 0 Å². The topological polar surface area (TPSA) is 33.2 Å². The molecule has 14 heavy (non-hydrogen) atoms. The summed E-state index contributed by atoms with van der Waals surface area (Å²) in [4.78, 5) is 16.8. The molecule has 0 radical (unpaired) electrons. The number of anilines is 1. The Labute approximate surface area is 88.7 Å². The van der Waals surface area contributed by atoms with Crippen LogP contribution in [-0.4, -0.2) is 24.4 Å². The molecule has 1 aromatic heterocycles.